The first-order valence-corrected chi connectivity index (χ1v) is 6.10. The van der Waals surface area contributed by atoms with E-state index in [1.54, 1.807) is 0 Å². The Hall–Kier alpha value is -0.0400. The summed E-state index contributed by atoms with van der Waals surface area (Å²) in [5.74, 6) is 1.74. The van der Waals surface area contributed by atoms with Gasteiger partial charge in [0, 0.05) is 6.04 Å². The van der Waals surface area contributed by atoms with Crippen LogP contribution in [0.25, 0.3) is 0 Å². The third-order valence-electron chi connectivity index (χ3n) is 4.89. The van der Waals surface area contributed by atoms with Gasteiger partial charge in [0.05, 0.1) is 0 Å². The Kier molecular flexibility index (Phi) is 2.23. The Morgan fingerprint density at radius 2 is 1.43 bits per heavy atom. The topological polar surface area (TPSA) is 26.0 Å². The molecule has 2 atom stereocenters. The molecule has 0 amide bonds. The molecule has 0 aliphatic heterocycles. The van der Waals surface area contributed by atoms with Gasteiger partial charge in [-0.05, 0) is 48.3 Å². The zero-order chi connectivity index (χ0) is 10.6. The second kappa shape index (κ2) is 2.98. The fourth-order valence-corrected chi connectivity index (χ4v) is 3.40. The van der Waals surface area contributed by atoms with Crippen LogP contribution in [0.5, 0.6) is 0 Å². The maximum Gasteiger partial charge on any atom is 0.0130 e. The lowest BCUT2D eigenvalue weighted by Crippen LogP contribution is -2.24. The molecule has 2 aliphatic carbocycles. The van der Waals surface area contributed by atoms with E-state index in [0.29, 0.717) is 16.9 Å². The van der Waals surface area contributed by atoms with Crippen molar-refractivity contribution in [2.24, 2.45) is 28.4 Å². The molecule has 14 heavy (non-hydrogen) atoms. The quantitative estimate of drug-likeness (QED) is 0.683. The van der Waals surface area contributed by atoms with Gasteiger partial charge in [0.25, 0.3) is 0 Å². The first-order chi connectivity index (χ1) is 6.34. The van der Waals surface area contributed by atoms with Crippen molar-refractivity contribution in [3.63, 3.8) is 0 Å². The molecule has 2 saturated carbocycles. The SMILES string of the molecule is CC1(C)CCC(C2C(N)C2(C)C)CC1. The summed E-state index contributed by atoms with van der Waals surface area (Å²) in [4.78, 5) is 0. The van der Waals surface area contributed by atoms with Gasteiger partial charge in [-0.25, -0.2) is 0 Å². The Morgan fingerprint density at radius 1 is 1.00 bits per heavy atom. The van der Waals surface area contributed by atoms with Crippen molar-refractivity contribution in [1.29, 1.82) is 0 Å². The van der Waals surface area contributed by atoms with Gasteiger partial charge in [0.15, 0.2) is 0 Å². The van der Waals surface area contributed by atoms with E-state index >= 15 is 0 Å². The highest BCUT2D eigenvalue weighted by molar-refractivity contribution is 5.11. The molecule has 2 fully saturated rings. The van der Waals surface area contributed by atoms with Gasteiger partial charge in [-0.1, -0.05) is 27.7 Å². The van der Waals surface area contributed by atoms with Crippen LogP contribution in [0, 0.1) is 22.7 Å². The van der Waals surface area contributed by atoms with Crippen LogP contribution < -0.4 is 5.73 Å². The zero-order valence-corrected chi connectivity index (χ0v) is 10.1. The van der Waals surface area contributed by atoms with Crippen LogP contribution in [0.15, 0.2) is 0 Å². The molecule has 0 heterocycles. The summed E-state index contributed by atoms with van der Waals surface area (Å²) in [6.45, 7) is 9.48. The molecule has 0 aromatic carbocycles. The van der Waals surface area contributed by atoms with E-state index in [2.05, 4.69) is 27.7 Å². The van der Waals surface area contributed by atoms with Gasteiger partial charge < -0.3 is 5.73 Å². The van der Waals surface area contributed by atoms with Crippen LogP contribution >= 0.6 is 0 Å². The maximum atomic E-state index is 6.14. The lowest BCUT2D eigenvalue weighted by Gasteiger charge is -2.35. The average Bonchev–Trinajstić information content (AvgIpc) is 2.54. The fourth-order valence-electron chi connectivity index (χ4n) is 3.40. The standard InChI is InChI=1S/C13H25N/c1-12(2)7-5-9(6-8-12)10-11(14)13(10,3)4/h9-11H,5-8,14H2,1-4H3. The lowest BCUT2D eigenvalue weighted by atomic mass is 9.71. The van der Waals surface area contributed by atoms with Gasteiger partial charge in [0.2, 0.25) is 0 Å². The normalized spacial score (nSPS) is 40.9. The molecule has 0 aromatic heterocycles. The summed E-state index contributed by atoms with van der Waals surface area (Å²) in [5, 5.41) is 0. The molecule has 0 aromatic rings. The van der Waals surface area contributed by atoms with Crippen LogP contribution in [-0.2, 0) is 0 Å². The number of nitrogens with two attached hydrogens (primary N) is 1. The van der Waals surface area contributed by atoms with Crippen molar-refractivity contribution >= 4 is 0 Å². The number of hydrogen-bond donors (Lipinski definition) is 1. The molecule has 2 unspecified atom stereocenters. The monoisotopic (exact) mass is 195 g/mol. The van der Waals surface area contributed by atoms with Gasteiger partial charge >= 0.3 is 0 Å². The Morgan fingerprint density at radius 3 is 1.79 bits per heavy atom. The van der Waals surface area contributed by atoms with Crippen molar-refractivity contribution < 1.29 is 0 Å². The minimum Gasteiger partial charge on any atom is -0.327 e. The summed E-state index contributed by atoms with van der Waals surface area (Å²) in [7, 11) is 0. The lowest BCUT2D eigenvalue weighted by molar-refractivity contribution is 0.167. The summed E-state index contributed by atoms with van der Waals surface area (Å²) in [6.07, 6.45) is 5.62. The molecule has 1 heteroatoms. The Labute approximate surface area is 88.4 Å². The van der Waals surface area contributed by atoms with Crippen molar-refractivity contribution in [2.75, 3.05) is 0 Å². The number of hydrogen-bond acceptors (Lipinski definition) is 1. The fraction of sp³-hybridized carbons (Fsp3) is 1.00. The van der Waals surface area contributed by atoms with Crippen molar-refractivity contribution in [3.8, 4) is 0 Å². The minimum absolute atomic E-state index is 0.437. The molecule has 0 bridgehead atoms. The molecule has 1 nitrogen and oxygen atoms in total. The van der Waals surface area contributed by atoms with Crippen LogP contribution in [0.4, 0.5) is 0 Å². The number of rotatable bonds is 1. The zero-order valence-electron chi connectivity index (χ0n) is 10.1. The van der Waals surface area contributed by atoms with Crippen molar-refractivity contribution in [1.82, 2.24) is 0 Å². The van der Waals surface area contributed by atoms with Gasteiger partial charge in [-0.2, -0.15) is 0 Å². The molecule has 82 valence electrons. The highest BCUT2D eigenvalue weighted by Crippen LogP contribution is 2.58. The molecule has 0 spiro atoms. The summed E-state index contributed by atoms with van der Waals surface area (Å²) in [5.41, 5.74) is 7.18. The molecular formula is C13H25N. The minimum atomic E-state index is 0.437. The molecule has 2 rings (SSSR count). The Bertz CT molecular complexity index is 219. The smallest absolute Gasteiger partial charge is 0.0130 e. The molecule has 0 saturated heterocycles. The largest absolute Gasteiger partial charge is 0.327 e. The van der Waals surface area contributed by atoms with Crippen LogP contribution in [-0.4, -0.2) is 6.04 Å². The van der Waals surface area contributed by atoms with E-state index < -0.39 is 0 Å². The first kappa shape index (κ1) is 10.5. The van der Waals surface area contributed by atoms with Crippen molar-refractivity contribution in [2.45, 2.75) is 59.4 Å². The second-order valence-corrected chi connectivity index (χ2v) is 6.87. The van der Waals surface area contributed by atoms with Gasteiger partial charge in [-0.3, -0.25) is 0 Å². The summed E-state index contributed by atoms with van der Waals surface area (Å²) >= 11 is 0. The Balaban J connectivity index is 1.92. The predicted molar refractivity (Wildman–Crippen MR) is 61.0 cm³/mol. The third kappa shape index (κ3) is 1.60. The third-order valence-corrected chi connectivity index (χ3v) is 4.89. The maximum absolute atomic E-state index is 6.14. The average molecular weight is 195 g/mol. The van der Waals surface area contributed by atoms with E-state index in [1.165, 1.54) is 25.7 Å². The summed E-state index contributed by atoms with van der Waals surface area (Å²) in [6, 6.07) is 0.480. The first-order valence-electron chi connectivity index (χ1n) is 6.10. The molecule has 2 aliphatic rings. The predicted octanol–water partition coefficient (Wildman–Crippen LogP) is 3.19. The molecule has 0 radical (unpaired) electrons. The van der Waals surface area contributed by atoms with E-state index in [-0.39, 0.29) is 0 Å². The van der Waals surface area contributed by atoms with E-state index in [4.69, 9.17) is 5.73 Å². The van der Waals surface area contributed by atoms with E-state index in [9.17, 15) is 0 Å². The highest BCUT2D eigenvalue weighted by Gasteiger charge is 2.58. The highest BCUT2D eigenvalue weighted by atomic mass is 14.8. The van der Waals surface area contributed by atoms with Crippen LogP contribution in [0.1, 0.15) is 53.4 Å². The van der Waals surface area contributed by atoms with Crippen molar-refractivity contribution in [3.05, 3.63) is 0 Å². The van der Waals surface area contributed by atoms with Gasteiger partial charge in [0.1, 0.15) is 0 Å². The van der Waals surface area contributed by atoms with E-state index in [0.717, 1.165) is 11.8 Å². The van der Waals surface area contributed by atoms with Gasteiger partial charge in [-0.15, -0.1) is 0 Å². The van der Waals surface area contributed by atoms with Crippen LogP contribution in [0.2, 0.25) is 0 Å². The summed E-state index contributed by atoms with van der Waals surface area (Å²) < 4.78 is 0. The van der Waals surface area contributed by atoms with Crippen LogP contribution in [0.3, 0.4) is 0 Å². The molecular weight excluding hydrogens is 170 g/mol. The second-order valence-electron chi connectivity index (χ2n) is 6.87. The molecule has 2 N–H and O–H groups in total. The van der Waals surface area contributed by atoms with E-state index in [1.807, 2.05) is 0 Å².